The molecule has 0 aliphatic carbocycles. The summed E-state index contributed by atoms with van der Waals surface area (Å²) in [6.45, 7) is 3.74. The highest BCUT2D eigenvalue weighted by Crippen LogP contribution is 2.31. The van der Waals surface area contributed by atoms with E-state index in [1.54, 1.807) is 0 Å². The van der Waals surface area contributed by atoms with Crippen molar-refractivity contribution in [2.45, 2.75) is 67.8 Å². The van der Waals surface area contributed by atoms with Crippen LogP contribution >= 0.6 is 11.6 Å². The van der Waals surface area contributed by atoms with Crippen LogP contribution in [-0.4, -0.2) is 98.9 Å². The second kappa shape index (κ2) is 12.3. The van der Waals surface area contributed by atoms with E-state index in [9.17, 15) is 18.3 Å². The van der Waals surface area contributed by atoms with Crippen molar-refractivity contribution in [3.63, 3.8) is 0 Å². The Morgan fingerprint density at radius 2 is 1.86 bits per heavy atom. The summed E-state index contributed by atoms with van der Waals surface area (Å²) in [6, 6.07) is 5.51. The highest BCUT2D eigenvalue weighted by atomic mass is 35.5. The summed E-state index contributed by atoms with van der Waals surface area (Å²) in [6.07, 6.45) is 3.24. The molecule has 0 saturated carbocycles. The molecule has 0 spiro atoms. The van der Waals surface area contributed by atoms with E-state index in [-0.39, 0.29) is 43.1 Å². The van der Waals surface area contributed by atoms with Gasteiger partial charge in [0.15, 0.2) is 0 Å². The lowest BCUT2D eigenvalue weighted by atomic mass is 9.96. The summed E-state index contributed by atoms with van der Waals surface area (Å²) >= 11 is 5.94. The molecule has 3 fully saturated rings. The molecule has 0 bridgehead atoms. The van der Waals surface area contributed by atoms with Crippen LogP contribution in [-0.2, 0) is 24.3 Å². The number of hydrogen-bond donors (Lipinski definition) is 2. The van der Waals surface area contributed by atoms with Gasteiger partial charge in [-0.2, -0.15) is 4.31 Å². The number of hydrogen-bond acceptors (Lipinski definition) is 7. The van der Waals surface area contributed by atoms with Crippen molar-refractivity contribution in [2.24, 2.45) is 0 Å². The predicted octanol–water partition coefficient (Wildman–Crippen LogP) is 1.63. The molecule has 9 nitrogen and oxygen atoms in total. The number of carbonyl (C=O) groups excluding carboxylic acids is 1. The molecule has 1 aromatic carbocycles. The first-order valence-electron chi connectivity index (χ1n) is 12.5. The van der Waals surface area contributed by atoms with Gasteiger partial charge in [-0.05, 0) is 63.0 Å². The summed E-state index contributed by atoms with van der Waals surface area (Å²) in [7, 11) is -3.89. The number of nitrogens with zero attached hydrogens (tertiary/aromatic N) is 2. The molecule has 3 aliphatic heterocycles. The van der Waals surface area contributed by atoms with Gasteiger partial charge in [-0.1, -0.05) is 18.0 Å². The van der Waals surface area contributed by atoms with E-state index in [0.29, 0.717) is 24.4 Å². The molecule has 1 amide bonds. The first kappa shape index (κ1) is 26.8. The number of β-amino-alcohol motifs (C(OH)–C–C–N with tert-alkyl or cyclic N) is 1. The van der Waals surface area contributed by atoms with Crippen LogP contribution in [0.3, 0.4) is 0 Å². The molecular weight excluding hydrogens is 494 g/mol. The van der Waals surface area contributed by atoms with E-state index in [2.05, 4.69) is 10.2 Å². The SMILES string of the molecule is O=C(C[C@H]1CC[C@@H]2[C@H](COC[C@H](O)CN2S(=O)(=O)c2ccc(Cl)cc2)O1)NCCN1CCCCC1. The van der Waals surface area contributed by atoms with Crippen molar-refractivity contribution < 1.29 is 27.8 Å². The molecule has 3 aliphatic rings. The Labute approximate surface area is 212 Å². The van der Waals surface area contributed by atoms with Gasteiger partial charge in [-0.3, -0.25) is 4.79 Å². The van der Waals surface area contributed by atoms with Crippen molar-refractivity contribution >= 4 is 27.5 Å². The molecule has 2 N–H and O–H groups in total. The Morgan fingerprint density at radius 3 is 2.60 bits per heavy atom. The van der Waals surface area contributed by atoms with E-state index >= 15 is 0 Å². The lowest BCUT2D eigenvalue weighted by molar-refractivity contribution is -0.146. The van der Waals surface area contributed by atoms with Crippen molar-refractivity contribution in [1.82, 2.24) is 14.5 Å². The zero-order chi connectivity index (χ0) is 24.8. The third-order valence-electron chi connectivity index (χ3n) is 6.97. The minimum absolute atomic E-state index is 0.0148. The Morgan fingerprint density at radius 1 is 1.11 bits per heavy atom. The topological polar surface area (TPSA) is 108 Å². The maximum Gasteiger partial charge on any atom is 0.243 e. The van der Waals surface area contributed by atoms with Crippen LogP contribution in [0, 0.1) is 0 Å². The Balaban J connectivity index is 1.36. The molecule has 0 aromatic heterocycles. The van der Waals surface area contributed by atoms with Gasteiger partial charge in [0.1, 0.15) is 0 Å². The van der Waals surface area contributed by atoms with Gasteiger partial charge in [0.2, 0.25) is 15.9 Å². The van der Waals surface area contributed by atoms with Gasteiger partial charge >= 0.3 is 0 Å². The largest absolute Gasteiger partial charge is 0.389 e. The van der Waals surface area contributed by atoms with Gasteiger partial charge in [-0.25, -0.2) is 8.42 Å². The molecule has 4 atom stereocenters. The number of halogens is 1. The molecule has 4 rings (SSSR count). The van der Waals surface area contributed by atoms with Crippen molar-refractivity contribution in [2.75, 3.05) is 45.9 Å². The van der Waals surface area contributed by atoms with Gasteiger partial charge < -0.3 is 24.8 Å². The molecule has 3 saturated heterocycles. The summed E-state index contributed by atoms with van der Waals surface area (Å²) < 4.78 is 40.1. The van der Waals surface area contributed by atoms with E-state index in [1.807, 2.05) is 0 Å². The highest BCUT2D eigenvalue weighted by Gasteiger charge is 2.43. The first-order valence-corrected chi connectivity index (χ1v) is 14.3. The third-order valence-corrected chi connectivity index (χ3v) is 9.12. The number of ether oxygens (including phenoxy) is 2. The number of fused-ring (bicyclic) bond motifs is 1. The van der Waals surface area contributed by atoms with Gasteiger partial charge in [0.05, 0.1) is 48.9 Å². The fourth-order valence-corrected chi connectivity index (χ4v) is 6.97. The van der Waals surface area contributed by atoms with Crippen molar-refractivity contribution in [1.29, 1.82) is 0 Å². The maximum atomic E-state index is 13.5. The number of sulfonamides is 1. The van der Waals surface area contributed by atoms with Crippen molar-refractivity contribution in [3.05, 3.63) is 29.3 Å². The quantitative estimate of drug-likeness (QED) is 0.552. The van der Waals surface area contributed by atoms with Crippen LogP contribution in [0.1, 0.15) is 38.5 Å². The van der Waals surface area contributed by atoms with Crippen LogP contribution in [0.4, 0.5) is 0 Å². The number of aliphatic hydroxyl groups is 1. The minimum atomic E-state index is -3.89. The smallest absolute Gasteiger partial charge is 0.243 e. The summed E-state index contributed by atoms with van der Waals surface area (Å²) in [4.78, 5) is 15.0. The molecule has 11 heteroatoms. The monoisotopic (exact) mass is 529 g/mol. The number of carbonyl (C=O) groups is 1. The van der Waals surface area contributed by atoms with Crippen LogP contribution in [0.5, 0.6) is 0 Å². The molecule has 0 unspecified atom stereocenters. The molecule has 0 radical (unpaired) electrons. The van der Waals surface area contributed by atoms with Gasteiger partial charge in [0, 0.05) is 24.7 Å². The number of nitrogens with one attached hydrogen (secondary N) is 1. The Bertz CT molecular complexity index is 941. The van der Waals surface area contributed by atoms with Gasteiger partial charge in [-0.15, -0.1) is 0 Å². The second-order valence-corrected chi connectivity index (χ2v) is 11.9. The van der Waals surface area contributed by atoms with Crippen LogP contribution < -0.4 is 5.32 Å². The number of likely N-dealkylation sites (tertiary alicyclic amines) is 1. The van der Waals surface area contributed by atoms with Crippen molar-refractivity contribution in [3.8, 4) is 0 Å². The van der Waals surface area contributed by atoms with Gasteiger partial charge in [0.25, 0.3) is 0 Å². The Kier molecular flexibility index (Phi) is 9.42. The molecule has 35 heavy (non-hydrogen) atoms. The van der Waals surface area contributed by atoms with Crippen LogP contribution in [0.2, 0.25) is 5.02 Å². The second-order valence-electron chi connectivity index (χ2n) is 9.62. The lowest BCUT2D eigenvalue weighted by Crippen LogP contribution is -2.57. The summed E-state index contributed by atoms with van der Waals surface area (Å²) in [5, 5.41) is 13.8. The number of amides is 1. The first-order chi connectivity index (χ1) is 16.8. The normalized spacial score (nSPS) is 29.1. The standard InChI is InChI=1S/C24H36ClN3O6S/c25-18-4-7-21(8-5-18)35(31,32)28-15-19(29)16-33-17-23-22(28)9-6-20(34-23)14-24(30)26-10-13-27-11-2-1-3-12-27/h4-5,7-8,19-20,22-23,29H,1-3,6,9-17H2,(H,26,30)/t19-,20-,22-,23+/m1/s1. The van der Waals surface area contributed by atoms with E-state index in [4.69, 9.17) is 21.1 Å². The van der Waals surface area contributed by atoms with E-state index < -0.39 is 28.3 Å². The number of benzene rings is 1. The summed E-state index contributed by atoms with van der Waals surface area (Å²) in [5.74, 6) is -0.0571. The number of aliphatic hydroxyl groups excluding tert-OH is 1. The molecular formula is C24H36ClN3O6S. The number of rotatable bonds is 7. The molecule has 196 valence electrons. The fraction of sp³-hybridized carbons (Fsp3) is 0.708. The van der Waals surface area contributed by atoms with E-state index in [1.165, 1.54) is 47.8 Å². The maximum absolute atomic E-state index is 13.5. The third kappa shape index (κ3) is 7.15. The van der Waals surface area contributed by atoms with Crippen LogP contribution in [0.15, 0.2) is 29.2 Å². The average Bonchev–Trinajstić information content (AvgIpc) is 2.83. The Hall–Kier alpha value is -1.27. The highest BCUT2D eigenvalue weighted by molar-refractivity contribution is 7.89. The summed E-state index contributed by atoms with van der Waals surface area (Å²) in [5.41, 5.74) is 0. The zero-order valence-corrected chi connectivity index (χ0v) is 21.6. The molecule has 3 heterocycles. The average molecular weight is 530 g/mol. The fourth-order valence-electron chi connectivity index (χ4n) is 5.13. The van der Waals surface area contributed by atoms with Crippen LogP contribution in [0.25, 0.3) is 0 Å². The van der Waals surface area contributed by atoms with E-state index in [0.717, 1.165) is 19.6 Å². The lowest BCUT2D eigenvalue weighted by Gasteiger charge is -2.43. The number of piperidine rings is 1. The minimum Gasteiger partial charge on any atom is -0.389 e. The predicted molar refractivity (Wildman–Crippen MR) is 132 cm³/mol. The molecule has 1 aromatic rings. The zero-order valence-electron chi connectivity index (χ0n) is 20.0.